The molecule has 0 N–H and O–H groups in total. The maximum absolute atomic E-state index is 11.8. The standard InChI is InChI=1S/C12H12BrNO2/c1-16-11-7-14(8-11)12(15)6-9-2-4-10(13)5-3-9/h2,4,11H,6-8H2,1H3. The van der Waals surface area contributed by atoms with Gasteiger partial charge in [0.15, 0.2) is 0 Å². The molecule has 0 saturated carbocycles. The van der Waals surface area contributed by atoms with E-state index in [-0.39, 0.29) is 12.0 Å². The molecule has 1 aliphatic heterocycles. The molecule has 4 heteroatoms. The maximum atomic E-state index is 11.8. The van der Waals surface area contributed by atoms with Crippen LogP contribution in [0, 0.1) is 0 Å². The minimum Gasteiger partial charge on any atom is -0.378 e. The van der Waals surface area contributed by atoms with Crippen molar-refractivity contribution in [2.75, 3.05) is 20.2 Å². The summed E-state index contributed by atoms with van der Waals surface area (Å²) < 4.78 is 5.97. The van der Waals surface area contributed by atoms with Gasteiger partial charge >= 0.3 is 0 Å². The Morgan fingerprint density at radius 3 is 2.88 bits per heavy atom. The number of hydrogen-bond acceptors (Lipinski definition) is 2. The van der Waals surface area contributed by atoms with E-state index in [1.807, 2.05) is 12.2 Å². The van der Waals surface area contributed by atoms with Gasteiger partial charge in [-0.15, -0.1) is 0 Å². The van der Waals surface area contributed by atoms with Crippen molar-refractivity contribution in [3.8, 4) is 0 Å². The van der Waals surface area contributed by atoms with E-state index in [2.05, 4.69) is 27.4 Å². The Bertz CT molecular complexity index is 434. The molecule has 2 rings (SSSR count). The number of allylic oxidation sites excluding steroid dienone is 3. The zero-order chi connectivity index (χ0) is 11.5. The zero-order valence-electron chi connectivity index (χ0n) is 9.00. The van der Waals surface area contributed by atoms with Crippen molar-refractivity contribution in [1.29, 1.82) is 0 Å². The van der Waals surface area contributed by atoms with Gasteiger partial charge in [-0.25, -0.2) is 0 Å². The molecule has 0 aromatic heterocycles. The predicted octanol–water partition coefficient (Wildman–Crippen LogP) is 1.76. The minimum absolute atomic E-state index is 0.125. The Kier molecular flexibility index (Phi) is 3.47. The van der Waals surface area contributed by atoms with Gasteiger partial charge in [-0.2, -0.15) is 0 Å². The fraction of sp³-hybridized carbons (Fsp3) is 0.417. The lowest BCUT2D eigenvalue weighted by atomic mass is 10.1. The molecule has 0 unspecified atom stereocenters. The molecule has 0 atom stereocenters. The van der Waals surface area contributed by atoms with Crippen molar-refractivity contribution in [1.82, 2.24) is 4.90 Å². The highest BCUT2D eigenvalue weighted by atomic mass is 79.9. The number of amides is 1. The van der Waals surface area contributed by atoms with Gasteiger partial charge in [-0.1, -0.05) is 11.5 Å². The average molecular weight is 282 g/mol. The first-order valence-corrected chi connectivity index (χ1v) is 5.87. The fourth-order valence-electron chi connectivity index (χ4n) is 1.57. The second-order valence-electron chi connectivity index (χ2n) is 3.79. The maximum Gasteiger partial charge on any atom is 0.227 e. The fourth-order valence-corrected chi connectivity index (χ4v) is 1.80. The third-order valence-corrected chi connectivity index (χ3v) is 3.11. The molecule has 1 saturated heterocycles. The number of carbonyl (C=O) groups excluding carboxylic acids is 1. The highest BCUT2D eigenvalue weighted by Crippen LogP contribution is 2.17. The molecule has 0 aromatic carbocycles. The largest absolute Gasteiger partial charge is 0.378 e. The topological polar surface area (TPSA) is 29.5 Å². The molecule has 0 aromatic rings. The molecular formula is C12H12BrNO2. The van der Waals surface area contributed by atoms with E-state index in [0.29, 0.717) is 19.5 Å². The SMILES string of the molecule is COC1CN(C(=O)CC2=C=C=C(Br)C=C2)C1. The van der Waals surface area contributed by atoms with E-state index in [1.165, 1.54) is 0 Å². The average Bonchev–Trinajstić information content (AvgIpc) is 2.20. The van der Waals surface area contributed by atoms with Crippen LogP contribution in [0.4, 0.5) is 0 Å². The van der Waals surface area contributed by atoms with Gasteiger partial charge in [-0.3, -0.25) is 4.79 Å². The van der Waals surface area contributed by atoms with Crippen molar-refractivity contribution in [3.05, 3.63) is 33.7 Å². The smallest absolute Gasteiger partial charge is 0.227 e. The summed E-state index contributed by atoms with van der Waals surface area (Å²) in [5, 5.41) is 0. The number of ether oxygens (including phenoxy) is 1. The van der Waals surface area contributed by atoms with Crippen LogP contribution in [0.15, 0.2) is 33.7 Å². The van der Waals surface area contributed by atoms with Crippen LogP contribution in [-0.2, 0) is 9.53 Å². The third kappa shape index (κ3) is 2.55. The highest BCUT2D eigenvalue weighted by Gasteiger charge is 2.30. The summed E-state index contributed by atoms with van der Waals surface area (Å²) in [5.74, 6) is 0.125. The first-order chi connectivity index (χ1) is 7.69. The number of rotatable bonds is 3. The van der Waals surface area contributed by atoms with Crippen LogP contribution in [0.25, 0.3) is 0 Å². The van der Waals surface area contributed by atoms with Crippen molar-refractivity contribution in [2.45, 2.75) is 12.5 Å². The molecule has 1 fully saturated rings. The van der Waals surface area contributed by atoms with Gasteiger partial charge in [0.25, 0.3) is 0 Å². The molecule has 16 heavy (non-hydrogen) atoms. The number of carbonyl (C=O) groups is 1. The summed E-state index contributed by atoms with van der Waals surface area (Å²) in [6, 6.07) is 0. The van der Waals surface area contributed by atoms with E-state index >= 15 is 0 Å². The van der Waals surface area contributed by atoms with E-state index in [1.54, 1.807) is 12.0 Å². The van der Waals surface area contributed by atoms with Crippen LogP contribution < -0.4 is 0 Å². The molecular weight excluding hydrogens is 270 g/mol. The highest BCUT2D eigenvalue weighted by molar-refractivity contribution is 9.11. The zero-order valence-corrected chi connectivity index (χ0v) is 10.6. The molecule has 1 amide bonds. The lowest BCUT2D eigenvalue weighted by molar-refractivity contribution is -0.142. The summed E-state index contributed by atoms with van der Waals surface area (Å²) in [6.45, 7) is 1.41. The molecule has 0 spiro atoms. The van der Waals surface area contributed by atoms with E-state index < -0.39 is 0 Å². The normalized spacial score (nSPS) is 19.2. The quantitative estimate of drug-likeness (QED) is 0.738. The van der Waals surface area contributed by atoms with Gasteiger partial charge in [-0.05, 0) is 28.1 Å². The first-order valence-electron chi connectivity index (χ1n) is 5.08. The van der Waals surface area contributed by atoms with Crippen molar-refractivity contribution < 1.29 is 9.53 Å². The predicted molar refractivity (Wildman–Crippen MR) is 64.1 cm³/mol. The summed E-state index contributed by atoms with van der Waals surface area (Å²) in [5.41, 5.74) is 6.71. The Hall–Kier alpha value is -1.05. The van der Waals surface area contributed by atoms with Gasteiger partial charge in [0, 0.05) is 25.8 Å². The monoisotopic (exact) mass is 281 g/mol. The van der Waals surface area contributed by atoms with Crippen LogP contribution in [0.5, 0.6) is 0 Å². The van der Waals surface area contributed by atoms with E-state index in [0.717, 1.165) is 10.1 Å². The van der Waals surface area contributed by atoms with Crippen molar-refractivity contribution in [2.24, 2.45) is 0 Å². The molecule has 2 aliphatic rings. The third-order valence-electron chi connectivity index (χ3n) is 2.65. The van der Waals surface area contributed by atoms with Crippen molar-refractivity contribution in [3.63, 3.8) is 0 Å². The van der Waals surface area contributed by atoms with Crippen LogP contribution in [0.1, 0.15) is 6.42 Å². The van der Waals surface area contributed by atoms with Crippen molar-refractivity contribution >= 4 is 21.8 Å². The summed E-state index contributed by atoms with van der Waals surface area (Å²) in [4.78, 5) is 13.6. The second kappa shape index (κ2) is 4.86. The van der Waals surface area contributed by atoms with Gasteiger partial charge < -0.3 is 9.64 Å². The number of likely N-dealkylation sites (tertiary alicyclic amines) is 1. The molecule has 1 heterocycles. The van der Waals surface area contributed by atoms with Crippen LogP contribution >= 0.6 is 15.9 Å². The van der Waals surface area contributed by atoms with Crippen LogP contribution in [-0.4, -0.2) is 37.1 Å². The summed E-state index contributed by atoms with van der Waals surface area (Å²) in [6.07, 6.45) is 4.35. The lowest BCUT2D eigenvalue weighted by Crippen LogP contribution is -2.54. The number of hydrogen-bond donors (Lipinski definition) is 0. The number of nitrogens with zero attached hydrogens (tertiary/aromatic N) is 1. The Balaban J connectivity index is 1.90. The Morgan fingerprint density at radius 1 is 1.56 bits per heavy atom. The van der Waals surface area contributed by atoms with Gasteiger partial charge in [0.2, 0.25) is 5.91 Å². The minimum atomic E-state index is 0.125. The number of methoxy groups -OCH3 is 1. The molecule has 1 aliphatic carbocycles. The molecule has 84 valence electrons. The van der Waals surface area contributed by atoms with Crippen LogP contribution in [0.2, 0.25) is 0 Å². The molecule has 0 bridgehead atoms. The van der Waals surface area contributed by atoms with Crippen LogP contribution in [0.3, 0.4) is 0 Å². The lowest BCUT2D eigenvalue weighted by Gasteiger charge is -2.38. The Labute approximate surface area is 103 Å². The molecule has 3 nitrogen and oxygen atoms in total. The molecule has 0 radical (unpaired) electrons. The summed E-state index contributed by atoms with van der Waals surface area (Å²) >= 11 is 3.28. The van der Waals surface area contributed by atoms with E-state index in [9.17, 15) is 4.79 Å². The second-order valence-corrected chi connectivity index (χ2v) is 4.64. The van der Waals surface area contributed by atoms with E-state index in [4.69, 9.17) is 4.74 Å². The number of halogens is 1. The Morgan fingerprint density at radius 2 is 2.31 bits per heavy atom. The van der Waals surface area contributed by atoms with Gasteiger partial charge in [0.05, 0.1) is 17.0 Å². The first kappa shape index (κ1) is 11.4. The van der Waals surface area contributed by atoms with Gasteiger partial charge in [0.1, 0.15) is 0 Å². The summed E-state index contributed by atoms with van der Waals surface area (Å²) in [7, 11) is 1.67.